The van der Waals surface area contributed by atoms with Gasteiger partial charge in [-0.15, -0.1) is 0 Å². The number of hydrogen-bond acceptors (Lipinski definition) is 6. The largest absolute Gasteiger partial charge is 0.369 e. The summed E-state index contributed by atoms with van der Waals surface area (Å²) in [5.41, 5.74) is 2.30. The molecule has 27 heavy (non-hydrogen) atoms. The molecule has 1 aromatic carbocycles. The van der Waals surface area contributed by atoms with E-state index < -0.39 is 0 Å². The van der Waals surface area contributed by atoms with Crippen LogP contribution in [-0.4, -0.2) is 54.1 Å². The van der Waals surface area contributed by atoms with Crippen LogP contribution in [0.3, 0.4) is 0 Å². The van der Waals surface area contributed by atoms with Crippen molar-refractivity contribution in [3.8, 4) is 0 Å². The zero-order valence-electron chi connectivity index (χ0n) is 16.2. The van der Waals surface area contributed by atoms with Crippen LogP contribution >= 0.6 is 0 Å². The maximum absolute atomic E-state index is 4.63. The number of nitrogens with zero attached hydrogens (tertiary/aromatic N) is 4. The highest BCUT2D eigenvalue weighted by Crippen LogP contribution is 2.23. The van der Waals surface area contributed by atoms with E-state index in [4.69, 9.17) is 0 Å². The van der Waals surface area contributed by atoms with Crippen LogP contribution in [-0.2, 0) is 0 Å². The minimum absolute atomic E-state index is 0.546. The Morgan fingerprint density at radius 1 is 0.926 bits per heavy atom. The SMILES string of the molecule is CN1CCN(c2ccc(Nc3nccc(NC4CCCCC4)n3)cc2)CC1. The summed E-state index contributed by atoms with van der Waals surface area (Å²) >= 11 is 0. The summed E-state index contributed by atoms with van der Waals surface area (Å²) in [6.45, 7) is 4.41. The van der Waals surface area contributed by atoms with E-state index in [1.165, 1.54) is 37.8 Å². The number of hydrogen-bond donors (Lipinski definition) is 2. The summed E-state index contributed by atoms with van der Waals surface area (Å²) < 4.78 is 0. The van der Waals surface area contributed by atoms with E-state index in [1.54, 1.807) is 0 Å². The number of benzene rings is 1. The van der Waals surface area contributed by atoms with Crippen molar-refractivity contribution < 1.29 is 0 Å². The first-order valence-corrected chi connectivity index (χ1v) is 10.2. The van der Waals surface area contributed by atoms with Gasteiger partial charge < -0.3 is 20.4 Å². The van der Waals surface area contributed by atoms with Gasteiger partial charge in [0.15, 0.2) is 0 Å². The number of anilines is 4. The molecule has 0 amide bonds. The number of aromatic nitrogens is 2. The predicted molar refractivity (Wildman–Crippen MR) is 112 cm³/mol. The van der Waals surface area contributed by atoms with Crippen molar-refractivity contribution in [2.24, 2.45) is 0 Å². The second kappa shape index (κ2) is 8.57. The molecule has 1 aromatic heterocycles. The zero-order chi connectivity index (χ0) is 18.5. The third-order valence-corrected chi connectivity index (χ3v) is 5.60. The monoisotopic (exact) mass is 366 g/mol. The molecular formula is C21H30N6. The van der Waals surface area contributed by atoms with Gasteiger partial charge in [0, 0.05) is 49.8 Å². The van der Waals surface area contributed by atoms with Crippen LogP contribution < -0.4 is 15.5 Å². The normalized spacial score (nSPS) is 19.1. The Bertz CT molecular complexity index is 718. The van der Waals surface area contributed by atoms with Gasteiger partial charge in [0.25, 0.3) is 0 Å². The van der Waals surface area contributed by atoms with Crippen LogP contribution in [0, 0.1) is 0 Å². The maximum atomic E-state index is 4.63. The van der Waals surface area contributed by atoms with Crippen molar-refractivity contribution in [2.45, 2.75) is 38.1 Å². The van der Waals surface area contributed by atoms with E-state index in [0.29, 0.717) is 12.0 Å². The molecule has 0 atom stereocenters. The Balaban J connectivity index is 1.36. The first-order chi connectivity index (χ1) is 13.3. The lowest BCUT2D eigenvalue weighted by Gasteiger charge is -2.34. The van der Waals surface area contributed by atoms with E-state index in [1.807, 2.05) is 12.3 Å². The van der Waals surface area contributed by atoms with Gasteiger partial charge in [-0.05, 0) is 50.2 Å². The average molecular weight is 367 g/mol. The smallest absolute Gasteiger partial charge is 0.229 e. The number of piperazine rings is 1. The number of likely N-dealkylation sites (N-methyl/N-ethyl adjacent to an activating group) is 1. The summed E-state index contributed by atoms with van der Waals surface area (Å²) in [7, 11) is 2.18. The van der Waals surface area contributed by atoms with E-state index >= 15 is 0 Å². The second-order valence-electron chi connectivity index (χ2n) is 7.71. The van der Waals surface area contributed by atoms with Crippen LogP contribution in [0.4, 0.5) is 23.1 Å². The van der Waals surface area contributed by atoms with Crippen molar-refractivity contribution in [2.75, 3.05) is 48.8 Å². The predicted octanol–water partition coefficient (Wildman–Crippen LogP) is 3.72. The molecule has 1 aliphatic heterocycles. The lowest BCUT2D eigenvalue weighted by molar-refractivity contribution is 0.313. The standard InChI is InChI=1S/C21H30N6/c1-26-13-15-27(16-14-26)19-9-7-18(8-10-19)24-21-22-12-11-20(25-21)23-17-5-3-2-4-6-17/h7-12,17H,2-6,13-16H2,1H3,(H2,22,23,24,25). The summed E-state index contributed by atoms with van der Waals surface area (Å²) in [5, 5.41) is 6.89. The maximum Gasteiger partial charge on any atom is 0.229 e. The molecule has 1 saturated carbocycles. The van der Waals surface area contributed by atoms with Crippen LogP contribution in [0.25, 0.3) is 0 Å². The third-order valence-electron chi connectivity index (χ3n) is 5.60. The van der Waals surface area contributed by atoms with Crippen LogP contribution in [0.5, 0.6) is 0 Å². The Morgan fingerprint density at radius 3 is 2.41 bits per heavy atom. The molecule has 2 N–H and O–H groups in total. The van der Waals surface area contributed by atoms with Crippen molar-refractivity contribution in [1.82, 2.24) is 14.9 Å². The van der Waals surface area contributed by atoms with Gasteiger partial charge in [0.05, 0.1) is 0 Å². The summed E-state index contributed by atoms with van der Waals surface area (Å²) in [6, 6.07) is 11.1. The van der Waals surface area contributed by atoms with Gasteiger partial charge >= 0.3 is 0 Å². The molecule has 2 fully saturated rings. The molecule has 0 bridgehead atoms. The summed E-state index contributed by atoms with van der Waals surface area (Å²) in [4.78, 5) is 13.8. The molecule has 0 spiro atoms. The average Bonchev–Trinajstić information content (AvgIpc) is 2.70. The molecule has 6 heteroatoms. The molecule has 2 aliphatic rings. The zero-order valence-corrected chi connectivity index (χ0v) is 16.2. The Hall–Kier alpha value is -2.34. The minimum Gasteiger partial charge on any atom is -0.369 e. The lowest BCUT2D eigenvalue weighted by atomic mass is 9.95. The second-order valence-corrected chi connectivity index (χ2v) is 7.71. The third kappa shape index (κ3) is 4.89. The molecule has 6 nitrogen and oxygen atoms in total. The molecule has 1 saturated heterocycles. The van der Waals surface area contributed by atoms with Crippen molar-refractivity contribution >= 4 is 23.1 Å². The Kier molecular flexibility index (Phi) is 5.72. The van der Waals surface area contributed by atoms with Gasteiger partial charge in [-0.1, -0.05) is 19.3 Å². The van der Waals surface area contributed by atoms with Crippen molar-refractivity contribution in [1.29, 1.82) is 0 Å². The van der Waals surface area contributed by atoms with Crippen molar-refractivity contribution in [3.05, 3.63) is 36.5 Å². The van der Waals surface area contributed by atoms with Gasteiger partial charge in [-0.3, -0.25) is 0 Å². The molecule has 0 radical (unpaired) electrons. The molecular weight excluding hydrogens is 336 g/mol. The highest BCUT2D eigenvalue weighted by atomic mass is 15.2. The topological polar surface area (TPSA) is 56.3 Å². The Morgan fingerprint density at radius 2 is 1.67 bits per heavy atom. The number of nitrogens with one attached hydrogen (secondary N) is 2. The molecule has 2 aromatic rings. The first-order valence-electron chi connectivity index (χ1n) is 10.2. The highest BCUT2D eigenvalue weighted by Gasteiger charge is 2.15. The molecule has 4 rings (SSSR count). The Labute approximate surface area is 162 Å². The minimum atomic E-state index is 0.546. The first kappa shape index (κ1) is 18.0. The van der Waals surface area contributed by atoms with Crippen molar-refractivity contribution in [3.63, 3.8) is 0 Å². The van der Waals surface area contributed by atoms with E-state index in [2.05, 4.69) is 61.7 Å². The molecule has 0 unspecified atom stereocenters. The lowest BCUT2D eigenvalue weighted by Crippen LogP contribution is -2.44. The fourth-order valence-corrected chi connectivity index (χ4v) is 3.90. The van der Waals surface area contributed by atoms with Crippen LogP contribution in [0.15, 0.2) is 36.5 Å². The number of rotatable bonds is 5. The van der Waals surface area contributed by atoms with E-state index in [0.717, 1.165) is 37.7 Å². The quantitative estimate of drug-likeness (QED) is 0.841. The van der Waals surface area contributed by atoms with E-state index in [9.17, 15) is 0 Å². The van der Waals surface area contributed by atoms with Crippen LogP contribution in [0.2, 0.25) is 0 Å². The van der Waals surface area contributed by atoms with Gasteiger partial charge in [0.2, 0.25) is 5.95 Å². The van der Waals surface area contributed by atoms with Gasteiger partial charge in [-0.25, -0.2) is 4.98 Å². The summed E-state index contributed by atoms with van der Waals surface area (Å²) in [6.07, 6.45) is 8.28. The molecule has 1 aliphatic carbocycles. The van der Waals surface area contributed by atoms with Gasteiger partial charge in [0.1, 0.15) is 5.82 Å². The van der Waals surface area contributed by atoms with Gasteiger partial charge in [-0.2, -0.15) is 4.98 Å². The highest BCUT2D eigenvalue weighted by molar-refractivity contribution is 5.60. The summed E-state index contributed by atoms with van der Waals surface area (Å²) in [5.74, 6) is 1.55. The van der Waals surface area contributed by atoms with E-state index in [-0.39, 0.29) is 0 Å². The molecule has 2 heterocycles. The molecule has 144 valence electrons. The fourth-order valence-electron chi connectivity index (χ4n) is 3.90. The van der Waals surface area contributed by atoms with Crippen LogP contribution in [0.1, 0.15) is 32.1 Å². The fraction of sp³-hybridized carbons (Fsp3) is 0.524.